The summed E-state index contributed by atoms with van der Waals surface area (Å²) in [6.45, 7) is 1.98. The van der Waals surface area contributed by atoms with Crippen LogP contribution in [0.1, 0.15) is 30.9 Å². The van der Waals surface area contributed by atoms with Crippen molar-refractivity contribution in [3.8, 4) is 23.6 Å². The van der Waals surface area contributed by atoms with Crippen LogP contribution in [0.2, 0.25) is 0 Å². The molecule has 0 aliphatic heterocycles. The number of para-hydroxylation sites is 1. The molecule has 0 aliphatic carbocycles. The van der Waals surface area contributed by atoms with E-state index in [1.54, 1.807) is 42.5 Å². The van der Waals surface area contributed by atoms with Gasteiger partial charge in [-0.15, -0.1) is 11.8 Å². The molecule has 2 rings (SSSR count). The second-order valence-corrected chi connectivity index (χ2v) is 5.98. The van der Waals surface area contributed by atoms with Gasteiger partial charge in [-0.2, -0.15) is 10.5 Å². The van der Waals surface area contributed by atoms with Crippen LogP contribution in [-0.2, 0) is 0 Å². The van der Waals surface area contributed by atoms with Gasteiger partial charge in [0.15, 0.2) is 17.4 Å². The maximum Gasteiger partial charge on any atom is 0.186 e. The molecule has 0 heterocycles. The van der Waals surface area contributed by atoms with E-state index in [-0.39, 0.29) is 10.6 Å². The van der Waals surface area contributed by atoms with Crippen LogP contribution >= 0.6 is 11.8 Å². The monoisotopic (exact) mass is 344 g/mol. The zero-order valence-corrected chi connectivity index (χ0v) is 13.8. The zero-order valence-electron chi connectivity index (χ0n) is 13.0. The molecule has 0 N–H and O–H groups in total. The molecule has 0 radical (unpaired) electrons. The molecule has 0 unspecified atom stereocenters. The summed E-state index contributed by atoms with van der Waals surface area (Å²) in [6, 6.07) is 11.5. The molecule has 0 atom stereocenters. The second kappa shape index (κ2) is 8.33. The molecule has 0 aromatic heterocycles. The van der Waals surface area contributed by atoms with Gasteiger partial charge < -0.3 is 4.74 Å². The summed E-state index contributed by atoms with van der Waals surface area (Å²) in [4.78, 5) is -0.0830. The summed E-state index contributed by atoms with van der Waals surface area (Å²) in [5, 5.41) is 18.2. The number of unbranched alkanes of at least 4 members (excludes halogenated alkanes) is 1. The van der Waals surface area contributed by atoms with Gasteiger partial charge in [-0.05, 0) is 24.3 Å². The number of benzene rings is 2. The SMILES string of the molecule is CCCCSc1c(F)c(C#N)c(C#N)c(F)c1Oc1ccccc1. The first-order valence-electron chi connectivity index (χ1n) is 7.34. The number of hydrogen-bond donors (Lipinski definition) is 0. The number of thioether (sulfide) groups is 1. The normalized spacial score (nSPS) is 10.0. The van der Waals surface area contributed by atoms with E-state index in [1.807, 2.05) is 6.92 Å². The lowest BCUT2D eigenvalue weighted by atomic mass is 10.1. The predicted octanol–water partition coefficient (Wildman–Crippen LogP) is 5.39. The van der Waals surface area contributed by atoms with Crippen molar-refractivity contribution in [3.05, 3.63) is 53.1 Å². The molecular formula is C18H14F2N2OS. The molecule has 0 bridgehead atoms. The first kappa shape index (κ1) is 17.8. The number of halogens is 2. The Kier molecular flexibility index (Phi) is 6.17. The second-order valence-electron chi connectivity index (χ2n) is 4.88. The molecule has 2 aromatic carbocycles. The Morgan fingerprint density at radius 3 is 2.25 bits per heavy atom. The Balaban J connectivity index is 2.59. The molecule has 0 saturated carbocycles. The minimum Gasteiger partial charge on any atom is -0.453 e. The van der Waals surface area contributed by atoms with E-state index >= 15 is 0 Å². The van der Waals surface area contributed by atoms with E-state index in [0.29, 0.717) is 11.5 Å². The summed E-state index contributed by atoms with van der Waals surface area (Å²) in [7, 11) is 0. The highest BCUT2D eigenvalue weighted by atomic mass is 32.2. The fourth-order valence-corrected chi connectivity index (χ4v) is 3.13. The van der Waals surface area contributed by atoms with Crippen LogP contribution in [0.3, 0.4) is 0 Å². The maximum absolute atomic E-state index is 14.7. The van der Waals surface area contributed by atoms with Gasteiger partial charge >= 0.3 is 0 Å². The van der Waals surface area contributed by atoms with E-state index in [4.69, 9.17) is 15.3 Å². The summed E-state index contributed by atoms with van der Waals surface area (Å²) in [5.74, 6) is -1.41. The van der Waals surface area contributed by atoms with Gasteiger partial charge in [-0.1, -0.05) is 31.5 Å². The van der Waals surface area contributed by atoms with Crippen LogP contribution in [0, 0.1) is 34.3 Å². The molecular weight excluding hydrogens is 330 g/mol. The Morgan fingerprint density at radius 1 is 1.04 bits per heavy atom. The molecule has 0 amide bonds. The quantitative estimate of drug-likeness (QED) is 0.520. The Bertz CT molecular complexity index is 811. The topological polar surface area (TPSA) is 56.8 Å². The largest absolute Gasteiger partial charge is 0.453 e. The van der Waals surface area contributed by atoms with Crippen molar-refractivity contribution in [3.63, 3.8) is 0 Å². The third-order valence-corrected chi connectivity index (χ3v) is 4.37. The molecule has 0 spiro atoms. The van der Waals surface area contributed by atoms with Crippen molar-refractivity contribution in [2.45, 2.75) is 24.7 Å². The standard InChI is InChI=1S/C18H14F2N2OS/c1-2-3-9-24-18-16(20)14(11-22)13(10-21)15(19)17(18)23-12-7-5-4-6-8-12/h4-8H,2-3,9H2,1H3. The van der Waals surface area contributed by atoms with E-state index in [2.05, 4.69) is 0 Å². The molecule has 122 valence electrons. The Labute approximate surface area is 143 Å². The van der Waals surface area contributed by atoms with E-state index in [0.717, 1.165) is 24.6 Å². The van der Waals surface area contributed by atoms with Crippen molar-refractivity contribution in [1.82, 2.24) is 0 Å². The number of ether oxygens (including phenoxy) is 1. The van der Waals surface area contributed by atoms with Gasteiger partial charge in [0.2, 0.25) is 0 Å². The Hall–Kier alpha value is -2.57. The van der Waals surface area contributed by atoms with Gasteiger partial charge in [-0.3, -0.25) is 0 Å². The molecule has 6 heteroatoms. The van der Waals surface area contributed by atoms with Crippen molar-refractivity contribution < 1.29 is 13.5 Å². The van der Waals surface area contributed by atoms with Gasteiger partial charge in [0, 0.05) is 0 Å². The lowest BCUT2D eigenvalue weighted by Gasteiger charge is -2.15. The zero-order chi connectivity index (χ0) is 17.5. The average molecular weight is 344 g/mol. The highest BCUT2D eigenvalue weighted by Gasteiger charge is 2.26. The number of rotatable bonds is 6. The molecule has 0 saturated heterocycles. The first-order valence-corrected chi connectivity index (χ1v) is 8.33. The van der Waals surface area contributed by atoms with Crippen molar-refractivity contribution in [2.75, 3.05) is 5.75 Å². The van der Waals surface area contributed by atoms with Crippen molar-refractivity contribution in [2.24, 2.45) is 0 Å². The van der Waals surface area contributed by atoms with Crippen LogP contribution in [0.25, 0.3) is 0 Å². The highest BCUT2D eigenvalue weighted by Crippen LogP contribution is 2.41. The number of nitrogens with zero attached hydrogens (tertiary/aromatic N) is 2. The predicted molar refractivity (Wildman–Crippen MR) is 87.9 cm³/mol. The minimum atomic E-state index is -1.02. The third-order valence-electron chi connectivity index (χ3n) is 3.22. The van der Waals surface area contributed by atoms with E-state index < -0.39 is 22.8 Å². The molecule has 0 fully saturated rings. The van der Waals surface area contributed by atoms with Crippen LogP contribution < -0.4 is 4.74 Å². The fourth-order valence-electron chi connectivity index (χ4n) is 2.00. The van der Waals surface area contributed by atoms with Gasteiger partial charge in [0.1, 0.15) is 29.0 Å². The molecule has 24 heavy (non-hydrogen) atoms. The molecule has 0 aliphatic rings. The van der Waals surface area contributed by atoms with Crippen molar-refractivity contribution >= 4 is 11.8 Å². The maximum atomic E-state index is 14.7. The smallest absolute Gasteiger partial charge is 0.186 e. The molecule has 2 aromatic rings. The number of nitriles is 2. The average Bonchev–Trinajstić information content (AvgIpc) is 2.61. The lowest BCUT2D eigenvalue weighted by molar-refractivity contribution is 0.418. The summed E-state index contributed by atoms with van der Waals surface area (Å²) < 4.78 is 34.8. The highest BCUT2D eigenvalue weighted by molar-refractivity contribution is 7.99. The lowest BCUT2D eigenvalue weighted by Crippen LogP contribution is -2.03. The van der Waals surface area contributed by atoms with Crippen molar-refractivity contribution in [1.29, 1.82) is 10.5 Å². The summed E-state index contributed by atoms with van der Waals surface area (Å²) >= 11 is 1.08. The van der Waals surface area contributed by atoms with Gasteiger partial charge in [0.25, 0.3) is 0 Å². The van der Waals surface area contributed by atoms with Crippen LogP contribution in [0.5, 0.6) is 11.5 Å². The minimum absolute atomic E-state index is 0.0830. The molecule has 3 nitrogen and oxygen atoms in total. The summed E-state index contributed by atoms with van der Waals surface area (Å²) in [6.07, 6.45) is 1.70. The van der Waals surface area contributed by atoms with Crippen LogP contribution in [-0.4, -0.2) is 5.75 Å². The van der Waals surface area contributed by atoms with Crippen LogP contribution in [0.15, 0.2) is 35.2 Å². The fraction of sp³-hybridized carbons (Fsp3) is 0.222. The summed E-state index contributed by atoms with van der Waals surface area (Å²) in [5.41, 5.74) is -1.23. The van der Waals surface area contributed by atoms with E-state index in [1.165, 1.54) is 0 Å². The number of hydrogen-bond acceptors (Lipinski definition) is 4. The Morgan fingerprint density at radius 2 is 1.67 bits per heavy atom. The third kappa shape index (κ3) is 3.67. The van der Waals surface area contributed by atoms with Gasteiger partial charge in [-0.25, -0.2) is 8.78 Å². The van der Waals surface area contributed by atoms with Gasteiger partial charge in [0.05, 0.1) is 4.90 Å². The first-order chi connectivity index (χ1) is 11.6. The van der Waals surface area contributed by atoms with Crippen LogP contribution in [0.4, 0.5) is 8.78 Å². The van der Waals surface area contributed by atoms with E-state index in [9.17, 15) is 8.78 Å².